The van der Waals surface area contributed by atoms with Crippen LogP contribution in [0.4, 0.5) is 5.69 Å². The van der Waals surface area contributed by atoms with Crippen LogP contribution < -0.4 is 11.1 Å². The number of hydrogen-bond acceptors (Lipinski definition) is 3. The molecule has 2 rings (SSSR count). The number of nitrogens with zero attached hydrogens (tertiary/aromatic N) is 1. The van der Waals surface area contributed by atoms with Crippen molar-refractivity contribution < 1.29 is 4.79 Å². The number of rotatable bonds is 3. The van der Waals surface area contributed by atoms with Crippen molar-refractivity contribution in [2.75, 3.05) is 11.9 Å². The third kappa shape index (κ3) is 2.76. The fraction of sp³-hybridized carbons (Fsp3) is 0.500. The van der Waals surface area contributed by atoms with E-state index in [1.165, 1.54) is 0 Å². The molecule has 0 spiro atoms. The molecular weight excluding hydrogens is 238 g/mol. The van der Waals surface area contributed by atoms with Gasteiger partial charge < -0.3 is 11.1 Å². The molecule has 0 saturated heterocycles. The molecule has 0 aromatic carbocycles. The highest BCUT2D eigenvalue weighted by Crippen LogP contribution is 2.32. The zero-order valence-electron chi connectivity index (χ0n) is 9.53. The number of carbonyl (C=O) groups is 1. The van der Waals surface area contributed by atoms with E-state index < -0.39 is 0 Å². The number of hydrogen-bond donors (Lipinski definition) is 2. The molecule has 0 bridgehead atoms. The Balaban J connectivity index is 2.04. The highest BCUT2D eigenvalue weighted by Gasteiger charge is 2.32. The maximum absolute atomic E-state index is 12.1. The molecule has 2 atom stereocenters. The first-order valence-electron chi connectivity index (χ1n) is 5.84. The molecule has 5 heteroatoms. The minimum absolute atomic E-state index is 0.00727. The van der Waals surface area contributed by atoms with Crippen molar-refractivity contribution in [2.45, 2.75) is 19.3 Å². The molecule has 3 N–H and O–H groups in total. The van der Waals surface area contributed by atoms with Crippen molar-refractivity contribution in [3.63, 3.8) is 0 Å². The lowest BCUT2D eigenvalue weighted by molar-refractivity contribution is -0.120. The van der Waals surface area contributed by atoms with Crippen molar-refractivity contribution in [1.29, 1.82) is 0 Å². The van der Waals surface area contributed by atoms with E-state index in [-0.39, 0.29) is 11.8 Å². The first-order valence-corrected chi connectivity index (χ1v) is 6.21. The number of amides is 1. The summed E-state index contributed by atoms with van der Waals surface area (Å²) in [5.41, 5.74) is 6.24. The molecule has 1 heterocycles. The van der Waals surface area contributed by atoms with E-state index in [2.05, 4.69) is 10.3 Å². The molecule has 0 aliphatic heterocycles. The van der Waals surface area contributed by atoms with Crippen LogP contribution in [0.3, 0.4) is 0 Å². The number of carbonyl (C=O) groups excluding carboxylic acids is 1. The average Bonchev–Trinajstić information content (AvgIpc) is 2.80. The molecule has 1 fully saturated rings. The third-order valence-corrected chi connectivity index (χ3v) is 3.62. The predicted octanol–water partition coefficient (Wildman–Crippen LogP) is 2.05. The molecule has 0 radical (unpaired) electrons. The van der Waals surface area contributed by atoms with Crippen LogP contribution in [-0.4, -0.2) is 17.4 Å². The summed E-state index contributed by atoms with van der Waals surface area (Å²) in [5.74, 6) is 0.314. The van der Waals surface area contributed by atoms with Crippen LogP contribution in [0, 0.1) is 11.8 Å². The summed E-state index contributed by atoms with van der Waals surface area (Å²) in [5, 5.41) is 3.15. The predicted molar refractivity (Wildman–Crippen MR) is 67.8 cm³/mol. The Hall–Kier alpha value is -1.13. The van der Waals surface area contributed by atoms with E-state index in [9.17, 15) is 4.79 Å². The van der Waals surface area contributed by atoms with Crippen LogP contribution in [-0.2, 0) is 4.79 Å². The summed E-state index contributed by atoms with van der Waals surface area (Å²) in [4.78, 5) is 16.0. The Kier molecular flexibility index (Phi) is 3.97. The Morgan fingerprint density at radius 1 is 1.59 bits per heavy atom. The van der Waals surface area contributed by atoms with Gasteiger partial charge in [-0.05, 0) is 37.4 Å². The fourth-order valence-corrected chi connectivity index (χ4v) is 2.54. The SMILES string of the molecule is NCC1CCCC1C(=O)Nc1cccnc1Cl. The molecule has 1 aromatic rings. The molecule has 1 aliphatic rings. The lowest BCUT2D eigenvalue weighted by Gasteiger charge is -2.17. The van der Waals surface area contributed by atoms with E-state index in [4.69, 9.17) is 17.3 Å². The van der Waals surface area contributed by atoms with Crippen LogP contribution in [0.5, 0.6) is 0 Å². The van der Waals surface area contributed by atoms with Crippen LogP contribution in [0.1, 0.15) is 19.3 Å². The summed E-state index contributed by atoms with van der Waals surface area (Å²) in [6, 6.07) is 3.50. The largest absolute Gasteiger partial charge is 0.330 e. The minimum atomic E-state index is 0.00727. The zero-order chi connectivity index (χ0) is 12.3. The molecule has 1 aliphatic carbocycles. The van der Waals surface area contributed by atoms with E-state index in [1.54, 1.807) is 18.3 Å². The van der Waals surface area contributed by atoms with Gasteiger partial charge in [0.1, 0.15) is 0 Å². The maximum atomic E-state index is 12.1. The van der Waals surface area contributed by atoms with Gasteiger partial charge in [-0.3, -0.25) is 4.79 Å². The van der Waals surface area contributed by atoms with Gasteiger partial charge in [-0.1, -0.05) is 18.0 Å². The quantitative estimate of drug-likeness (QED) is 0.810. The summed E-state index contributed by atoms with van der Waals surface area (Å²) >= 11 is 5.89. The van der Waals surface area contributed by atoms with Crippen molar-refractivity contribution in [3.05, 3.63) is 23.5 Å². The molecule has 1 aromatic heterocycles. The van der Waals surface area contributed by atoms with E-state index in [0.29, 0.717) is 23.3 Å². The Bertz CT molecular complexity index is 410. The van der Waals surface area contributed by atoms with E-state index in [0.717, 1.165) is 19.3 Å². The summed E-state index contributed by atoms with van der Waals surface area (Å²) < 4.78 is 0. The Morgan fingerprint density at radius 3 is 3.12 bits per heavy atom. The highest BCUT2D eigenvalue weighted by atomic mass is 35.5. The van der Waals surface area contributed by atoms with Crippen molar-refractivity contribution >= 4 is 23.2 Å². The Labute approximate surface area is 106 Å². The van der Waals surface area contributed by atoms with Crippen LogP contribution in [0.15, 0.2) is 18.3 Å². The highest BCUT2D eigenvalue weighted by molar-refractivity contribution is 6.32. The number of anilines is 1. The van der Waals surface area contributed by atoms with Gasteiger partial charge in [0.2, 0.25) is 5.91 Å². The van der Waals surface area contributed by atoms with Gasteiger partial charge in [-0.25, -0.2) is 4.98 Å². The van der Waals surface area contributed by atoms with Crippen molar-refractivity contribution in [2.24, 2.45) is 17.6 Å². The lowest BCUT2D eigenvalue weighted by atomic mass is 9.95. The monoisotopic (exact) mass is 253 g/mol. The van der Waals surface area contributed by atoms with Crippen molar-refractivity contribution in [1.82, 2.24) is 4.98 Å². The zero-order valence-corrected chi connectivity index (χ0v) is 10.3. The van der Waals surface area contributed by atoms with Gasteiger partial charge in [0.15, 0.2) is 5.15 Å². The van der Waals surface area contributed by atoms with Gasteiger partial charge in [0.05, 0.1) is 5.69 Å². The summed E-state index contributed by atoms with van der Waals surface area (Å²) in [6.07, 6.45) is 4.61. The first kappa shape index (κ1) is 12.3. The second-order valence-electron chi connectivity index (χ2n) is 4.36. The number of nitrogens with one attached hydrogen (secondary N) is 1. The number of nitrogens with two attached hydrogens (primary N) is 1. The maximum Gasteiger partial charge on any atom is 0.227 e. The topological polar surface area (TPSA) is 68.0 Å². The lowest BCUT2D eigenvalue weighted by Crippen LogP contribution is -2.29. The average molecular weight is 254 g/mol. The Morgan fingerprint density at radius 2 is 2.41 bits per heavy atom. The molecular formula is C12H16ClN3O. The minimum Gasteiger partial charge on any atom is -0.330 e. The van der Waals surface area contributed by atoms with E-state index in [1.807, 2.05) is 0 Å². The van der Waals surface area contributed by atoms with Gasteiger partial charge in [-0.15, -0.1) is 0 Å². The smallest absolute Gasteiger partial charge is 0.227 e. The molecule has 1 saturated carbocycles. The summed E-state index contributed by atoms with van der Waals surface area (Å²) in [7, 11) is 0. The van der Waals surface area contributed by atoms with Crippen molar-refractivity contribution in [3.8, 4) is 0 Å². The number of aromatic nitrogens is 1. The van der Waals surface area contributed by atoms with Crippen LogP contribution in [0.2, 0.25) is 5.15 Å². The normalized spacial score (nSPS) is 23.6. The molecule has 92 valence electrons. The number of pyridine rings is 1. The molecule has 17 heavy (non-hydrogen) atoms. The second-order valence-corrected chi connectivity index (χ2v) is 4.72. The van der Waals surface area contributed by atoms with E-state index >= 15 is 0 Å². The fourth-order valence-electron chi connectivity index (χ4n) is 2.37. The van der Waals surface area contributed by atoms with Gasteiger partial charge in [0, 0.05) is 12.1 Å². The molecule has 1 amide bonds. The molecule has 2 unspecified atom stereocenters. The van der Waals surface area contributed by atoms with Crippen LogP contribution in [0.25, 0.3) is 0 Å². The first-order chi connectivity index (χ1) is 8.22. The van der Waals surface area contributed by atoms with Gasteiger partial charge in [0.25, 0.3) is 0 Å². The second kappa shape index (κ2) is 5.47. The number of halogens is 1. The standard InChI is InChI=1S/C12H16ClN3O/c13-11-10(5-2-6-15-11)16-12(17)9-4-1-3-8(9)7-14/h2,5-6,8-9H,1,3-4,7,14H2,(H,16,17). The summed E-state index contributed by atoms with van der Waals surface area (Å²) in [6.45, 7) is 0.568. The van der Waals surface area contributed by atoms with Crippen LogP contribution >= 0.6 is 11.6 Å². The third-order valence-electron chi connectivity index (χ3n) is 3.32. The molecule has 4 nitrogen and oxygen atoms in total. The van der Waals surface area contributed by atoms with Gasteiger partial charge in [-0.2, -0.15) is 0 Å². The van der Waals surface area contributed by atoms with Gasteiger partial charge >= 0.3 is 0 Å².